The third-order valence-electron chi connectivity index (χ3n) is 2.47. The Hall–Kier alpha value is -0.480. The van der Waals surface area contributed by atoms with E-state index < -0.39 is 34.5 Å². The van der Waals surface area contributed by atoms with Gasteiger partial charge in [0.25, 0.3) is 0 Å². The highest BCUT2D eigenvalue weighted by Crippen LogP contribution is 2.36. The van der Waals surface area contributed by atoms with E-state index in [1.54, 1.807) is 0 Å². The molecule has 0 aromatic carbocycles. The Morgan fingerprint density at radius 2 is 1.21 bits per heavy atom. The fourth-order valence-electron chi connectivity index (χ4n) is 1.65. The van der Waals surface area contributed by atoms with Crippen LogP contribution in [0.1, 0.15) is 12.8 Å². The highest BCUT2D eigenvalue weighted by molar-refractivity contribution is 6.30. The fraction of sp³-hybridized carbons (Fsp3) is 0.750. The van der Waals surface area contributed by atoms with Crippen LogP contribution in [0.3, 0.4) is 0 Å². The topological polar surface area (TPSA) is 74.6 Å². The molecule has 0 saturated heterocycles. The van der Waals surface area contributed by atoms with Crippen LogP contribution in [0.25, 0.3) is 0 Å². The normalized spacial score (nSPS) is 37.9. The minimum Gasteiger partial charge on any atom is -0.481 e. The molecule has 0 amide bonds. The van der Waals surface area contributed by atoms with Gasteiger partial charge in [0.15, 0.2) is 0 Å². The number of hydrogen-bond acceptors (Lipinski definition) is 2. The van der Waals surface area contributed by atoms with Gasteiger partial charge in [-0.15, -0.1) is 23.2 Å². The standard InChI is InChI=1S/C8H10Cl2O4/c9-5-1-3(7(11)12)4(8(13)14)2-6(5)10/h3-6H,1-2H2,(H,11,12)(H,13,14)/t3-,4-,5-,6+/m0/s1. The smallest absolute Gasteiger partial charge is 0.307 e. The monoisotopic (exact) mass is 240 g/mol. The maximum absolute atomic E-state index is 10.8. The fourth-order valence-corrected chi connectivity index (χ4v) is 2.24. The van der Waals surface area contributed by atoms with E-state index in [4.69, 9.17) is 33.4 Å². The lowest BCUT2D eigenvalue weighted by Gasteiger charge is -2.31. The van der Waals surface area contributed by atoms with Crippen molar-refractivity contribution in [2.24, 2.45) is 11.8 Å². The van der Waals surface area contributed by atoms with Gasteiger partial charge in [-0.05, 0) is 12.8 Å². The van der Waals surface area contributed by atoms with Gasteiger partial charge in [0.1, 0.15) is 0 Å². The van der Waals surface area contributed by atoms with Crippen molar-refractivity contribution in [2.75, 3.05) is 0 Å². The highest BCUT2D eigenvalue weighted by Gasteiger charge is 2.42. The summed E-state index contributed by atoms with van der Waals surface area (Å²) in [6, 6.07) is 0. The van der Waals surface area contributed by atoms with Crippen molar-refractivity contribution in [2.45, 2.75) is 23.6 Å². The molecule has 0 heterocycles. The first-order chi connectivity index (χ1) is 6.43. The highest BCUT2D eigenvalue weighted by atomic mass is 35.5. The number of carboxylic acid groups (broad SMARTS) is 2. The van der Waals surface area contributed by atoms with Crippen LogP contribution in [-0.2, 0) is 9.59 Å². The quantitative estimate of drug-likeness (QED) is 0.716. The van der Waals surface area contributed by atoms with E-state index in [-0.39, 0.29) is 12.8 Å². The number of alkyl halides is 2. The molecule has 0 aliphatic heterocycles. The SMILES string of the molecule is O=C(O)[C@H]1C[C@@H](Cl)[C@@H](Cl)C[C@@H]1C(=O)O. The Bertz CT molecular complexity index is 230. The van der Waals surface area contributed by atoms with E-state index in [0.29, 0.717) is 0 Å². The van der Waals surface area contributed by atoms with Crippen molar-refractivity contribution in [1.82, 2.24) is 0 Å². The molecule has 0 unspecified atom stereocenters. The number of rotatable bonds is 2. The molecule has 0 radical (unpaired) electrons. The molecule has 4 nitrogen and oxygen atoms in total. The zero-order valence-electron chi connectivity index (χ0n) is 7.19. The molecule has 0 bridgehead atoms. The number of carbonyl (C=O) groups is 2. The van der Waals surface area contributed by atoms with Gasteiger partial charge in [0, 0.05) is 0 Å². The summed E-state index contributed by atoms with van der Waals surface area (Å²) in [6.07, 6.45) is 0.226. The molecule has 0 aromatic heterocycles. The van der Waals surface area contributed by atoms with Crippen molar-refractivity contribution in [1.29, 1.82) is 0 Å². The van der Waals surface area contributed by atoms with E-state index in [9.17, 15) is 9.59 Å². The van der Waals surface area contributed by atoms with Gasteiger partial charge in [-0.1, -0.05) is 0 Å². The zero-order valence-corrected chi connectivity index (χ0v) is 8.70. The molecule has 0 aromatic rings. The lowest BCUT2D eigenvalue weighted by molar-refractivity contribution is -0.155. The van der Waals surface area contributed by atoms with Crippen LogP contribution < -0.4 is 0 Å². The molecule has 1 aliphatic carbocycles. The van der Waals surface area contributed by atoms with Crippen LogP contribution in [0.4, 0.5) is 0 Å². The van der Waals surface area contributed by atoms with Crippen molar-refractivity contribution in [3.05, 3.63) is 0 Å². The summed E-state index contributed by atoms with van der Waals surface area (Å²) in [5, 5.41) is 16.7. The molecule has 80 valence electrons. The second kappa shape index (κ2) is 4.36. The van der Waals surface area contributed by atoms with Crippen LogP contribution in [0.5, 0.6) is 0 Å². The van der Waals surface area contributed by atoms with Crippen molar-refractivity contribution in [3.8, 4) is 0 Å². The van der Waals surface area contributed by atoms with E-state index in [1.165, 1.54) is 0 Å². The summed E-state index contributed by atoms with van der Waals surface area (Å²) in [4.78, 5) is 21.5. The Morgan fingerprint density at radius 1 is 0.929 bits per heavy atom. The maximum Gasteiger partial charge on any atom is 0.307 e. The van der Waals surface area contributed by atoms with Crippen molar-refractivity contribution >= 4 is 35.1 Å². The van der Waals surface area contributed by atoms with Gasteiger partial charge in [-0.2, -0.15) is 0 Å². The maximum atomic E-state index is 10.8. The van der Waals surface area contributed by atoms with E-state index in [0.717, 1.165) is 0 Å². The Morgan fingerprint density at radius 3 is 1.43 bits per heavy atom. The van der Waals surface area contributed by atoms with Crippen molar-refractivity contribution in [3.63, 3.8) is 0 Å². The zero-order chi connectivity index (χ0) is 10.9. The van der Waals surface area contributed by atoms with Crippen LogP contribution in [0.2, 0.25) is 0 Å². The Kier molecular flexibility index (Phi) is 3.61. The van der Waals surface area contributed by atoms with Crippen LogP contribution >= 0.6 is 23.2 Å². The summed E-state index contributed by atoms with van der Waals surface area (Å²) in [5.74, 6) is -4.09. The van der Waals surface area contributed by atoms with Gasteiger partial charge < -0.3 is 10.2 Å². The Balaban J connectivity index is 2.80. The van der Waals surface area contributed by atoms with Crippen LogP contribution in [0, 0.1) is 11.8 Å². The lowest BCUT2D eigenvalue weighted by atomic mass is 9.79. The average molecular weight is 241 g/mol. The second-order valence-electron chi connectivity index (χ2n) is 3.39. The number of carboxylic acids is 2. The summed E-state index contributed by atoms with van der Waals surface area (Å²) in [7, 11) is 0. The largest absolute Gasteiger partial charge is 0.481 e. The number of hydrogen-bond donors (Lipinski definition) is 2. The predicted octanol–water partition coefficient (Wildman–Crippen LogP) is 1.40. The third kappa shape index (κ3) is 2.30. The van der Waals surface area contributed by atoms with Crippen LogP contribution in [0.15, 0.2) is 0 Å². The summed E-state index contributed by atoms with van der Waals surface area (Å²) in [5.41, 5.74) is 0. The number of halogens is 2. The summed E-state index contributed by atoms with van der Waals surface area (Å²) < 4.78 is 0. The minimum absolute atomic E-state index is 0.113. The molecule has 1 rings (SSSR count). The molecule has 1 aliphatic rings. The van der Waals surface area contributed by atoms with E-state index in [1.807, 2.05) is 0 Å². The molecule has 14 heavy (non-hydrogen) atoms. The molecule has 1 saturated carbocycles. The number of aliphatic carboxylic acids is 2. The second-order valence-corrected chi connectivity index (χ2v) is 4.51. The molecule has 0 spiro atoms. The molecule has 1 fully saturated rings. The summed E-state index contributed by atoms with van der Waals surface area (Å²) >= 11 is 11.6. The third-order valence-corrected chi connectivity index (χ3v) is 3.56. The van der Waals surface area contributed by atoms with Crippen molar-refractivity contribution < 1.29 is 19.8 Å². The van der Waals surface area contributed by atoms with Gasteiger partial charge in [0.05, 0.1) is 22.6 Å². The molecule has 6 heteroatoms. The first-order valence-corrected chi connectivity index (χ1v) is 5.04. The average Bonchev–Trinajstić information content (AvgIpc) is 2.08. The Labute approximate surface area is 90.8 Å². The predicted molar refractivity (Wildman–Crippen MR) is 50.8 cm³/mol. The van der Waals surface area contributed by atoms with Gasteiger partial charge >= 0.3 is 11.9 Å². The van der Waals surface area contributed by atoms with Crippen LogP contribution in [-0.4, -0.2) is 32.9 Å². The van der Waals surface area contributed by atoms with E-state index >= 15 is 0 Å². The molecule has 4 atom stereocenters. The molecular formula is C8H10Cl2O4. The van der Waals surface area contributed by atoms with Gasteiger partial charge in [0.2, 0.25) is 0 Å². The first-order valence-electron chi connectivity index (χ1n) is 4.17. The molecular weight excluding hydrogens is 231 g/mol. The van der Waals surface area contributed by atoms with E-state index in [2.05, 4.69) is 0 Å². The minimum atomic E-state index is -1.12. The van der Waals surface area contributed by atoms with Gasteiger partial charge in [-0.25, -0.2) is 0 Å². The first kappa shape index (κ1) is 11.6. The summed E-state index contributed by atoms with van der Waals surface area (Å²) in [6.45, 7) is 0. The molecule has 2 N–H and O–H groups in total. The van der Waals surface area contributed by atoms with Gasteiger partial charge in [-0.3, -0.25) is 9.59 Å². The lowest BCUT2D eigenvalue weighted by Crippen LogP contribution is -2.40.